The molecule has 0 aromatic heterocycles. The van der Waals surface area contributed by atoms with E-state index in [1.807, 2.05) is 0 Å². The fourth-order valence-electron chi connectivity index (χ4n) is 10.9. The molecule has 3 aliphatic carbocycles. The summed E-state index contributed by atoms with van der Waals surface area (Å²) in [6, 6.07) is 74.9. The first-order valence-corrected chi connectivity index (χ1v) is 20.1. The third-order valence-corrected chi connectivity index (χ3v) is 13.3. The van der Waals surface area contributed by atoms with Gasteiger partial charge in [0.25, 0.3) is 0 Å². The Hall–Kier alpha value is -6.96. The molecular formula is C56H39N. The molecule has 1 spiro atoms. The highest BCUT2D eigenvalue weighted by Gasteiger charge is 2.53. The second kappa shape index (κ2) is 11.8. The molecule has 0 heterocycles. The zero-order valence-electron chi connectivity index (χ0n) is 32.0. The van der Waals surface area contributed by atoms with Crippen molar-refractivity contribution in [3.05, 3.63) is 234 Å². The van der Waals surface area contributed by atoms with Crippen LogP contribution in [0.5, 0.6) is 0 Å². The molecule has 0 saturated heterocycles. The van der Waals surface area contributed by atoms with Gasteiger partial charge in [0.05, 0.1) is 16.8 Å². The summed E-state index contributed by atoms with van der Waals surface area (Å²) in [6.07, 6.45) is 0. The van der Waals surface area contributed by atoms with Gasteiger partial charge >= 0.3 is 0 Å². The van der Waals surface area contributed by atoms with Crippen molar-refractivity contribution in [2.24, 2.45) is 0 Å². The van der Waals surface area contributed by atoms with Crippen LogP contribution in [0.1, 0.15) is 47.2 Å². The van der Waals surface area contributed by atoms with E-state index >= 15 is 0 Å². The highest BCUT2D eigenvalue weighted by atomic mass is 15.1. The Balaban J connectivity index is 1.17. The van der Waals surface area contributed by atoms with Crippen molar-refractivity contribution in [2.75, 3.05) is 4.90 Å². The van der Waals surface area contributed by atoms with Gasteiger partial charge in [-0.25, -0.2) is 0 Å². The summed E-state index contributed by atoms with van der Waals surface area (Å²) >= 11 is 0. The number of hydrogen-bond acceptors (Lipinski definition) is 1. The van der Waals surface area contributed by atoms with E-state index < -0.39 is 5.41 Å². The zero-order chi connectivity index (χ0) is 37.9. The number of fused-ring (bicyclic) bond motifs is 15. The van der Waals surface area contributed by atoms with Gasteiger partial charge in [0.1, 0.15) is 0 Å². The van der Waals surface area contributed by atoms with Gasteiger partial charge in [-0.1, -0.05) is 190 Å². The van der Waals surface area contributed by atoms with Crippen molar-refractivity contribution in [1.82, 2.24) is 0 Å². The Morgan fingerprint density at radius 3 is 1.53 bits per heavy atom. The van der Waals surface area contributed by atoms with Gasteiger partial charge in [-0.15, -0.1) is 0 Å². The average Bonchev–Trinajstić information content (AvgIpc) is 3.84. The molecule has 57 heavy (non-hydrogen) atoms. The summed E-state index contributed by atoms with van der Waals surface area (Å²) in [6.45, 7) is 4.75. The number of anilines is 3. The fraction of sp³-hybridized carbons (Fsp3) is 0.0714. The molecule has 0 saturated carbocycles. The second-order valence-corrected chi connectivity index (χ2v) is 16.4. The summed E-state index contributed by atoms with van der Waals surface area (Å²) in [4.78, 5) is 2.56. The maximum atomic E-state index is 2.56. The molecule has 0 fully saturated rings. The molecule has 0 radical (unpaired) electrons. The van der Waals surface area contributed by atoms with Crippen molar-refractivity contribution in [3.63, 3.8) is 0 Å². The van der Waals surface area contributed by atoms with Gasteiger partial charge < -0.3 is 4.90 Å². The fourth-order valence-corrected chi connectivity index (χ4v) is 10.9. The van der Waals surface area contributed by atoms with Crippen LogP contribution in [0.2, 0.25) is 0 Å². The Morgan fingerprint density at radius 2 is 0.825 bits per heavy atom. The molecule has 12 rings (SSSR count). The molecule has 268 valence electrons. The third-order valence-electron chi connectivity index (χ3n) is 13.3. The highest BCUT2D eigenvalue weighted by molar-refractivity contribution is 6.08. The second-order valence-electron chi connectivity index (χ2n) is 16.4. The van der Waals surface area contributed by atoms with Crippen LogP contribution in [0.3, 0.4) is 0 Å². The number of rotatable bonds is 4. The molecule has 3 aliphatic rings. The van der Waals surface area contributed by atoms with Gasteiger partial charge in [0.15, 0.2) is 0 Å². The summed E-state index contributed by atoms with van der Waals surface area (Å²) in [7, 11) is 0. The standard InChI is InChI=1S/C56H39N/c1-55(2)44-23-11-8-20-41(44)53-47(55)26-14-28-50(53)57(39-33-30-37(31-34-39)36-16-4-3-5-17-36)51-29-15-27-48-54(51)43-22-10-13-25-46(43)56(48)45-24-12-9-21-42(45)52-40-19-7-6-18-38(40)32-35-49(52)56/h3-35H,1-2H3. The van der Waals surface area contributed by atoms with Crippen molar-refractivity contribution in [1.29, 1.82) is 0 Å². The summed E-state index contributed by atoms with van der Waals surface area (Å²) in [5, 5.41) is 2.58. The first-order chi connectivity index (χ1) is 28.1. The topological polar surface area (TPSA) is 3.24 Å². The molecule has 1 heteroatoms. The maximum Gasteiger partial charge on any atom is 0.0726 e. The lowest BCUT2D eigenvalue weighted by Crippen LogP contribution is -2.26. The lowest BCUT2D eigenvalue weighted by Gasteiger charge is -2.32. The lowest BCUT2D eigenvalue weighted by atomic mass is 9.70. The maximum absolute atomic E-state index is 2.56. The van der Waals surface area contributed by atoms with E-state index in [0.29, 0.717) is 0 Å². The average molecular weight is 726 g/mol. The Bertz CT molecular complexity index is 3100. The highest BCUT2D eigenvalue weighted by Crippen LogP contribution is 2.66. The predicted octanol–water partition coefficient (Wildman–Crippen LogP) is 14.6. The predicted molar refractivity (Wildman–Crippen MR) is 238 cm³/mol. The van der Waals surface area contributed by atoms with Crippen molar-refractivity contribution < 1.29 is 0 Å². The molecule has 9 aromatic carbocycles. The molecular weight excluding hydrogens is 687 g/mol. The van der Waals surface area contributed by atoms with Crippen LogP contribution in [0, 0.1) is 0 Å². The van der Waals surface area contributed by atoms with E-state index in [-0.39, 0.29) is 5.41 Å². The van der Waals surface area contributed by atoms with Crippen LogP contribution in [0.4, 0.5) is 17.1 Å². The Kier molecular flexibility index (Phi) is 6.67. The van der Waals surface area contributed by atoms with E-state index in [1.54, 1.807) is 0 Å². The van der Waals surface area contributed by atoms with Crippen LogP contribution >= 0.6 is 0 Å². The first kappa shape index (κ1) is 32.3. The number of hydrogen-bond donors (Lipinski definition) is 0. The largest absolute Gasteiger partial charge is 0.309 e. The molecule has 1 atom stereocenters. The quantitative estimate of drug-likeness (QED) is 0.175. The van der Waals surface area contributed by atoms with Crippen LogP contribution < -0.4 is 4.90 Å². The Labute approximate surface area is 334 Å². The van der Waals surface area contributed by atoms with Crippen LogP contribution in [-0.4, -0.2) is 0 Å². The summed E-state index contributed by atoms with van der Waals surface area (Å²) in [5.41, 5.74) is 21.4. The van der Waals surface area contributed by atoms with E-state index in [9.17, 15) is 0 Å². The summed E-state index contributed by atoms with van der Waals surface area (Å²) < 4.78 is 0. The zero-order valence-corrected chi connectivity index (χ0v) is 32.0. The minimum absolute atomic E-state index is 0.125. The van der Waals surface area contributed by atoms with Crippen molar-refractivity contribution >= 4 is 27.8 Å². The minimum Gasteiger partial charge on any atom is -0.309 e. The van der Waals surface area contributed by atoms with Crippen LogP contribution in [-0.2, 0) is 10.8 Å². The van der Waals surface area contributed by atoms with Gasteiger partial charge in [-0.05, 0) is 102 Å². The van der Waals surface area contributed by atoms with Gasteiger partial charge in [-0.3, -0.25) is 0 Å². The first-order valence-electron chi connectivity index (χ1n) is 20.1. The minimum atomic E-state index is -0.464. The SMILES string of the molecule is CC1(C)c2ccccc2-c2c(N(c3ccc(-c4ccccc4)cc3)c3cccc4c3-c3ccccc3C43c4ccccc4-c4c3ccc3ccccc43)cccc21. The van der Waals surface area contributed by atoms with Crippen molar-refractivity contribution in [3.8, 4) is 44.5 Å². The molecule has 9 aromatic rings. The van der Waals surface area contributed by atoms with Crippen LogP contribution in [0.25, 0.3) is 55.3 Å². The monoisotopic (exact) mass is 725 g/mol. The molecule has 0 N–H and O–H groups in total. The number of nitrogens with zero attached hydrogens (tertiary/aromatic N) is 1. The third kappa shape index (κ3) is 4.24. The molecule has 1 unspecified atom stereocenters. The lowest BCUT2D eigenvalue weighted by molar-refractivity contribution is 0.660. The van der Waals surface area contributed by atoms with Crippen molar-refractivity contribution in [2.45, 2.75) is 24.7 Å². The Morgan fingerprint density at radius 1 is 0.333 bits per heavy atom. The van der Waals surface area contributed by atoms with Crippen LogP contribution in [0.15, 0.2) is 200 Å². The molecule has 0 aliphatic heterocycles. The van der Waals surface area contributed by atoms with E-state index in [1.165, 1.54) is 100 Å². The van der Waals surface area contributed by atoms with Gasteiger partial charge in [-0.2, -0.15) is 0 Å². The van der Waals surface area contributed by atoms with E-state index in [4.69, 9.17) is 0 Å². The number of benzene rings is 9. The van der Waals surface area contributed by atoms with E-state index in [0.717, 1.165) is 5.69 Å². The molecule has 1 nitrogen and oxygen atoms in total. The van der Waals surface area contributed by atoms with E-state index in [2.05, 4.69) is 219 Å². The smallest absolute Gasteiger partial charge is 0.0726 e. The normalized spacial score (nSPS) is 16.1. The molecule has 0 amide bonds. The summed E-state index contributed by atoms with van der Waals surface area (Å²) in [5.74, 6) is 0. The van der Waals surface area contributed by atoms with Gasteiger partial charge in [0.2, 0.25) is 0 Å². The van der Waals surface area contributed by atoms with Gasteiger partial charge in [0, 0.05) is 22.2 Å². The molecule has 0 bridgehead atoms.